The van der Waals surface area contributed by atoms with Gasteiger partial charge in [-0.3, -0.25) is 4.79 Å². The molecule has 19 heavy (non-hydrogen) atoms. The smallest absolute Gasteiger partial charge is 0.245 e. The number of nitrogens with two attached hydrogens (primary N) is 1. The van der Waals surface area contributed by atoms with Gasteiger partial charge < -0.3 is 16.0 Å². The molecule has 1 aliphatic heterocycles. The molecule has 0 bridgehead atoms. The van der Waals surface area contributed by atoms with Crippen LogP contribution in [0.3, 0.4) is 0 Å². The first-order valence-corrected chi connectivity index (χ1v) is 6.99. The zero-order valence-corrected chi connectivity index (χ0v) is 11.1. The topological polar surface area (TPSA) is 71.2 Å². The second kappa shape index (κ2) is 4.81. The SMILES string of the molecule is NC1(C(=O)Nc2ccc(N3CCCCC3)cn2)CC1. The van der Waals surface area contributed by atoms with Gasteiger partial charge in [-0.15, -0.1) is 0 Å². The third-order valence-corrected chi connectivity index (χ3v) is 3.95. The zero-order valence-electron chi connectivity index (χ0n) is 11.1. The second-order valence-electron chi connectivity index (χ2n) is 5.56. The van der Waals surface area contributed by atoms with Gasteiger partial charge in [0.1, 0.15) is 5.82 Å². The van der Waals surface area contributed by atoms with Crippen LogP contribution in [-0.2, 0) is 4.79 Å². The van der Waals surface area contributed by atoms with Crippen molar-refractivity contribution in [3.05, 3.63) is 18.3 Å². The fraction of sp³-hybridized carbons (Fsp3) is 0.571. The highest BCUT2D eigenvalue weighted by Gasteiger charge is 2.46. The Kier molecular flexibility index (Phi) is 3.14. The molecule has 1 saturated carbocycles. The maximum Gasteiger partial charge on any atom is 0.245 e. The van der Waals surface area contributed by atoms with Gasteiger partial charge in [0, 0.05) is 13.1 Å². The maximum atomic E-state index is 11.8. The first kappa shape index (κ1) is 12.4. The van der Waals surface area contributed by atoms with Gasteiger partial charge in [0.2, 0.25) is 5.91 Å². The summed E-state index contributed by atoms with van der Waals surface area (Å²) in [5, 5.41) is 2.78. The van der Waals surface area contributed by atoms with E-state index in [1.54, 1.807) is 0 Å². The average molecular weight is 260 g/mol. The third-order valence-electron chi connectivity index (χ3n) is 3.95. The number of carbonyl (C=O) groups is 1. The number of hydrogen-bond acceptors (Lipinski definition) is 4. The van der Waals surface area contributed by atoms with Crippen molar-refractivity contribution < 1.29 is 4.79 Å². The van der Waals surface area contributed by atoms with Gasteiger partial charge in [-0.05, 0) is 44.2 Å². The van der Waals surface area contributed by atoms with Crippen LogP contribution >= 0.6 is 0 Å². The molecule has 1 aliphatic carbocycles. The van der Waals surface area contributed by atoms with Crippen molar-refractivity contribution in [1.82, 2.24) is 4.98 Å². The standard InChI is InChI=1S/C14H20N4O/c15-14(6-7-14)13(19)17-12-5-4-11(10-16-12)18-8-2-1-3-9-18/h4-5,10H,1-3,6-9,15H2,(H,16,17,19). The molecule has 1 aromatic rings. The van der Waals surface area contributed by atoms with Gasteiger partial charge in [0.15, 0.2) is 0 Å². The molecule has 0 unspecified atom stereocenters. The Morgan fingerprint density at radius 2 is 2.00 bits per heavy atom. The Bertz CT molecular complexity index is 461. The summed E-state index contributed by atoms with van der Waals surface area (Å²) in [6.45, 7) is 2.19. The van der Waals surface area contributed by atoms with Crippen molar-refractivity contribution in [2.45, 2.75) is 37.6 Å². The van der Waals surface area contributed by atoms with Gasteiger partial charge >= 0.3 is 0 Å². The summed E-state index contributed by atoms with van der Waals surface area (Å²) >= 11 is 0. The van der Waals surface area contributed by atoms with Gasteiger partial charge in [-0.2, -0.15) is 0 Å². The summed E-state index contributed by atoms with van der Waals surface area (Å²) in [6.07, 6.45) is 7.17. The molecule has 2 aliphatic rings. The maximum absolute atomic E-state index is 11.8. The minimum atomic E-state index is -0.646. The molecule has 0 spiro atoms. The van der Waals surface area contributed by atoms with Crippen molar-refractivity contribution in [1.29, 1.82) is 0 Å². The molecule has 3 rings (SSSR count). The van der Waals surface area contributed by atoms with E-state index in [1.165, 1.54) is 19.3 Å². The van der Waals surface area contributed by atoms with Crippen molar-refractivity contribution in [3.8, 4) is 0 Å². The van der Waals surface area contributed by atoms with Crippen LogP contribution in [0.1, 0.15) is 32.1 Å². The number of rotatable bonds is 3. The van der Waals surface area contributed by atoms with Crippen LogP contribution in [0.5, 0.6) is 0 Å². The molecule has 1 aromatic heterocycles. The molecule has 2 heterocycles. The monoisotopic (exact) mass is 260 g/mol. The minimum absolute atomic E-state index is 0.120. The number of carbonyl (C=O) groups excluding carboxylic acids is 1. The second-order valence-corrected chi connectivity index (χ2v) is 5.56. The molecule has 2 fully saturated rings. The lowest BCUT2D eigenvalue weighted by atomic mass is 10.1. The Labute approximate surface area is 113 Å². The van der Waals surface area contributed by atoms with Crippen molar-refractivity contribution in [2.75, 3.05) is 23.3 Å². The predicted molar refractivity (Wildman–Crippen MR) is 75.1 cm³/mol. The molecule has 0 atom stereocenters. The normalized spacial score (nSPS) is 21.0. The van der Waals surface area contributed by atoms with Crippen LogP contribution < -0.4 is 16.0 Å². The molecule has 5 nitrogen and oxygen atoms in total. The van der Waals surface area contributed by atoms with Crippen LogP contribution in [0.25, 0.3) is 0 Å². The highest BCUT2D eigenvalue weighted by atomic mass is 16.2. The molecule has 102 valence electrons. The van der Waals surface area contributed by atoms with E-state index in [1.807, 2.05) is 18.3 Å². The van der Waals surface area contributed by atoms with Crippen LogP contribution in [0.4, 0.5) is 11.5 Å². The van der Waals surface area contributed by atoms with Crippen LogP contribution in [-0.4, -0.2) is 29.5 Å². The van der Waals surface area contributed by atoms with E-state index >= 15 is 0 Å². The summed E-state index contributed by atoms with van der Waals surface area (Å²) in [6, 6.07) is 3.87. The highest BCUT2D eigenvalue weighted by molar-refractivity contribution is 5.99. The summed E-state index contributed by atoms with van der Waals surface area (Å²) in [5.41, 5.74) is 6.32. The van der Waals surface area contributed by atoms with Crippen LogP contribution in [0, 0.1) is 0 Å². The Morgan fingerprint density at radius 3 is 2.58 bits per heavy atom. The van der Waals surface area contributed by atoms with Crippen molar-refractivity contribution >= 4 is 17.4 Å². The summed E-state index contributed by atoms with van der Waals surface area (Å²) in [4.78, 5) is 18.4. The Morgan fingerprint density at radius 1 is 1.26 bits per heavy atom. The molecular weight excluding hydrogens is 240 g/mol. The van der Waals surface area contributed by atoms with Crippen LogP contribution in [0.2, 0.25) is 0 Å². The van der Waals surface area contributed by atoms with E-state index in [2.05, 4.69) is 15.2 Å². The number of nitrogens with one attached hydrogen (secondary N) is 1. The number of pyridine rings is 1. The van der Waals surface area contributed by atoms with Gasteiger partial charge in [-0.1, -0.05) is 0 Å². The third kappa shape index (κ3) is 2.71. The fourth-order valence-corrected chi connectivity index (χ4v) is 2.40. The lowest BCUT2D eigenvalue weighted by Crippen LogP contribution is -2.38. The van der Waals surface area contributed by atoms with Crippen LogP contribution in [0.15, 0.2) is 18.3 Å². The Hall–Kier alpha value is -1.62. The molecule has 1 amide bonds. The fourth-order valence-electron chi connectivity index (χ4n) is 2.40. The van der Waals surface area contributed by atoms with Crippen molar-refractivity contribution in [2.24, 2.45) is 5.73 Å². The van der Waals surface area contributed by atoms with Gasteiger partial charge in [0.25, 0.3) is 0 Å². The number of anilines is 2. The molecular formula is C14H20N4O. The number of amides is 1. The number of hydrogen-bond donors (Lipinski definition) is 2. The average Bonchev–Trinajstić information content (AvgIpc) is 3.20. The molecule has 3 N–H and O–H groups in total. The van der Waals surface area contributed by atoms with Gasteiger partial charge in [-0.25, -0.2) is 4.98 Å². The lowest BCUT2D eigenvalue weighted by molar-refractivity contribution is -0.118. The number of nitrogens with zero attached hydrogens (tertiary/aromatic N) is 2. The molecule has 1 saturated heterocycles. The van der Waals surface area contributed by atoms with E-state index in [9.17, 15) is 4.79 Å². The van der Waals surface area contributed by atoms with E-state index in [4.69, 9.17) is 5.73 Å². The summed E-state index contributed by atoms with van der Waals surface area (Å²) in [5.74, 6) is 0.466. The molecule has 0 radical (unpaired) electrons. The number of aromatic nitrogens is 1. The van der Waals surface area contributed by atoms with Gasteiger partial charge in [0.05, 0.1) is 17.4 Å². The van der Waals surface area contributed by atoms with Crippen molar-refractivity contribution in [3.63, 3.8) is 0 Å². The Balaban J connectivity index is 1.63. The quantitative estimate of drug-likeness (QED) is 0.864. The minimum Gasteiger partial charge on any atom is -0.370 e. The first-order valence-electron chi connectivity index (χ1n) is 6.99. The van der Waals surface area contributed by atoms with E-state index < -0.39 is 5.54 Å². The van der Waals surface area contributed by atoms with E-state index in [0.29, 0.717) is 5.82 Å². The first-order chi connectivity index (χ1) is 9.17. The summed E-state index contributed by atoms with van der Waals surface area (Å²) < 4.78 is 0. The zero-order chi connectivity index (χ0) is 13.3. The largest absolute Gasteiger partial charge is 0.370 e. The number of piperidine rings is 1. The highest BCUT2D eigenvalue weighted by Crippen LogP contribution is 2.33. The van der Waals surface area contributed by atoms with E-state index in [0.717, 1.165) is 31.6 Å². The van der Waals surface area contributed by atoms with E-state index in [-0.39, 0.29) is 5.91 Å². The molecule has 0 aromatic carbocycles. The lowest BCUT2D eigenvalue weighted by Gasteiger charge is -2.28. The summed E-state index contributed by atoms with van der Waals surface area (Å²) in [7, 11) is 0. The molecule has 5 heteroatoms. The predicted octanol–water partition coefficient (Wildman–Crippen LogP) is 1.50.